The highest BCUT2D eigenvalue weighted by atomic mass is 16.3. The van der Waals surface area contributed by atoms with E-state index in [4.69, 9.17) is 4.42 Å². The number of rotatable bonds is 0. The van der Waals surface area contributed by atoms with Crippen LogP contribution in [0.2, 0.25) is 0 Å². The molecule has 3 heterocycles. The molecule has 4 rings (SSSR count). The van der Waals surface area contributed by atoms with Gasteiger partial charge in [0.15, 0.2) is 5.65 Å². The van der Waals surface area contributed by atoms with Crippen molar-refractivity contribution in [3.63, 3.8) is 0 Å². The molecule has 0 saturated carbocycles. The summed E-state index contributed by atoms with van der Waals surface area (Å²) in [6, 6.07) is 11.5. The summed E-state index contributed by atoms with van der Waals surface area (Å²) in [5.74, 6) is 0. The molecule has 0 amide bonds. The zero-order valence-corrected chi connectivity index (χ0v) is 14.9. The maximum absolute atomic E-state index is 12.3. The van der Waals surface area contributed by atoms with Crippen molar-refractivity contribution in [1.82, 2.24) is 29.9 Å². The second kappa shape index (κ2) is 8.09. The molecule has 0 atom stereocenters. The molecule has 2 N–H and O–H groups in total. The number of hydrogen-bond donors (Lipinski definition) is 2. The zero-order chi connectivity index (χ0) is 20.1. The molecule has 0 aliphatic carbocycles. The first-order valence-electron chi connectivity index (χ1n) is 8.55. The lowest BCUT2D eigenvalue weighted by Gasteiger charge is -1.89. The Kier molecular flexibility index (Phi) is 5.02. The third-order valence-electron chi connectivity index (χ3n) is 3.87. The first-order valence-corrected chi connectivity index (χ1v) is 8.55. The third kappa shape index (κ3) is 4.14. The smallest absolute Gasteiger partial charge is 0.281 e. The lowest BCUT2D eigenvalue weighted by atomic mass is 10.3. The highest BCUT2D eigenvalue weighted by molar-refractivity contribution is 5.57. The Morgan fingerprint density at radius 3 is 2.72 bits per heavy atom. The molecule has 1 aromatic carbocycles. The molecule has 0 saturated heterocycles. The van der Waals surface area contributed by atoms with E-state index in [-0.39, 0.29) is 16.4 Å². The van der Waals surface area contributed by atoms with Gasteiger partial charge in [-0.15, -0.1) is 0 Å². The maximum atomic E-state index is 12.3. The van der Waals surface area contributed by atoms with Gasteiger partial charge in [-0.05, 0) is 18.2 Å². The molecule has 0 spiro atoms. The molecule has 0 unspecified atom stereocenters. The van der Waals surface area contributed by atoms with Crippen LogP contribution in [-0.2, 0) is 0 Å². The standard InChI is InChI=1S/C20H14N6O3/c27-16-6-1-2-9-29-14-5-3-4-13(10-14)23-11-15-17-18(22-8-7-21-16)24-12-25-19(17)26-20(15)28/h1-12H,(H,21,27)(H,22,24,25,26,28). The van der Waals surface area contributed by atoms with Crippen LogP contribution in [0, 0.1) is 10.4 Å². The molecular formula is C20H14N6O3. The highest BCUT2D eigenvalue weighted by Gasteiger charge is 2.05. The summed E-state index contributed by atoms with van der Waals surface area (Å²) in [7, 11) is 0. The lowest BCUT2D eigenvalue weighted by Crippen LogP contribution is -1.98. The van der Waals surface area contributed by atoms with Gasteiger partial charge in [0, 0.05) is 30.7 Å². The number of H-pyrrole nitrogens is 2. The van der Waals surface area contributed by atoms with Gasteiger partial charge in [-0.25, -0.2) is 9.97 Å². The first-order chi connectivity index (χ1) is 14.2. The van der Waals surface area contributed by atoms with Crippen molar-refractivity contribution in [2.24, 2.45) is 0 Å². The SMILES string of the molecule is O=c1ccccoc2cccc(c2)ncc2c(=O)nc3ncnc([nH]cc[nH]1)c3=2. The van der Waals surface area contributed by atoms with Crippen LogP contribution in [0.5, 0.6) is 0 Å². The molecule has 2 aliphatic heterocycles. The van der Waals surface area contributed by atoms with E-state index < -0.39 is 5.56 Å². The van der Waals surface area contributed by atoms with Crippen LogP contribution >= 0.6 is 0 Å². The monoisotopic (exact) mass is 386 g/mol. The van der Waals surface area contributed by atoms with Crippen molar-refractivity contribution >= 4 is 22.4 Å². The molecular weight excluding hydrogens is 372 g/mol. The van der Waals surface area contributed by atoms with Gasteiger partial charge < -0.3 is 14.4 Å². The van der Waals surface area contributed by atoms with E-state index >= 15 is 0 Å². The van der Waals surface area contributed by atoms with Crippen LogP contribution in [0.25, 0.3) is 22.4 Å². The largest absolute Gasteiger partial charge is 0.465 e. The van der Waals surface area contributed by atoms with Gasteiger partial charge in [0.25, 0.3) is 5.56 Å². The molecule has 0 fully saturated rings. The zero-order valence-electron chi connectivity index (χ0n) is 14.9. The second-order valence-electron chi connectivity index (χ2n) is 5.80. The Balaban J connectivity index is 2.15. The van der Waals surface area contributed by atoms with Crippen molar-refractivity contribution in [1.29, 1.82) is 0 Å². The molecule has 1 aromatic heterocycles. The van der Waals surface area contributed by atoms with Crippen molar-refractivity contribution < 1.29 is 4.42 Å². The fourth-order valence-electron chi connectivity index (χ4n) is 2.58. The van der Waals surface area contributed by atoms with E-state index in [0.717, 1.165) is 0 Å². The summed E-state index contributed by atoms with van der Waals surface area (Å²) < 4.78 is 5.49. The second-order valence-corrected chi connectivity index (χ2v) is 5.80. The minimum atomic E-state index is -0.459. The van der Waals surface area contributed by atoms with Crippen LogP contribution in [0.4, 0.5) is 0 Å². The van der Waals surface area contributed by atoms with Gasteiger partial charge in [-0.1, -0.05) is 12.1 Å². The predicted molar refractivity (Wildman–Crippen MR) is 106 cm³/mol. The van der Waals surface area contributed by atoms with E-state index in [1.165, 1.54) is 37.2 Å². The highest BCUT2D eigenvalue weighted by Crippen LogP contribution is 2.05. The van der Waals surface area contributed by atoms with E-state index in [2.05, 4.69) is 29.9 Å². The summed E-state index contributed by atoms with van der Waals surface area (Å²) in [5, 5.41) is 0.698. The number of aromatic amines is 2. The van der Waals surface area contributed by atoms with Gasteiger partial charge in [0.1, 0.15) is 17.6 Å². The number of hydrogen-bond acceptors (Lipinski definition) is 7. The number of aromatic nitrogens is 6. The van der Waals surface area contributed by atoms with Crippen molar-refractivity contribution in [2.45, 2.75) is 0 Å². The van der Waals surface area contributed by atoms with Gasteiger partial charge in [0.05, 0.1) is 22.2 Å². The lowest BCUT2D eigenvalue weighted by molar-refractivity contribution is 0.603. The number of benzene rings is 1. The van der Waals surface area contributed by atoms with E-state index in [9.17, 15) is 9.59 Å². The minimum absolute atomic E-state index is 0.256. The van der Waals surface area contributed by atoms with Crippen molar-refractivity contribution in [2.75, 3.05) is 0 Å². The quantitative estimate of drug-likeness (QED) is 0.473. The summed E-state index contributed by atoms with van der Waals surface area (Å²) in [5.41, 5.74) is 0.982. The van der Waals surface area contributed by atoms with Gasteiger partial charge in [-0.3, -0.25) is 14.6 Å². The van der Waals surface area contributed by atoms with Gasteiger partial charge in [-0.2, -0.15) is 4.98 Å². The molecule has 9 heteroatoms. The first kappa shape index (κ1) is 18.0. The van der Waals surface area contributed by atoms with Crippen molar-refractivity contribution in [3.05, 3.63) is 105 Å². The third-order valence-corrected chi connectivity index (χ3v) is 3.87. The number of nitrogens with one attached hydrogen (secondary N) is 2. The van der Waals surface area contributed by atoms with Crippen LogP contribution in [-0.4, -0.2) is 29.9 Å². The predicted octanol–water partition coefficient (Wildman–Crippen LogP) is 2.08. The van der Waals surface area contributed by atoms with Crippen LogP contribution in [0.1, 0.15) is 0 Å². The summed E-state index contributed by atoms with van der Waals surface area (Å²) in [6.45, 7) is 0. The average molecular weight is 386 g/mol. The molecule has 9 nitrogen and oxygen atoms in total. The minimum Gasteiger partial charge on any atom is -0.465 e. The van der Waals surface area contributed by atoms with Crippen LogP contribution in [0.15, 0.2) is 87.7 Å². The van der Waals surface area contributed by atoms with Gasteiger partial charge >= 0.3 is 0 Å². The molecule has 142 valence electrons. The normalized spacial score (nSPS) is 10.3. The average Bonchev–Trinajstić information content (AvgIpc) is 3.05. The Morgan fingerprint density at radius 1 is 0.897 bits per heavy atom. The van der Waals surface area contributed by atoms with Gasteiger partial charge in [0.2, 0.25) is 5.56 Å². The van der Waals surface area contributed by atoms with Crippen LogP contribution < -0.4 is 11.1 Å². The summed E-state index contributed by atoms with van der Waals surface area (Å²) >= 11 is 0. The molecule has 29 heavy (non-hydrogen) atoms. The maximum Gasteiger partial charge on any atom is 0.281 e. The Bertz CT molecular complexity index is 1520. The Labute approximate surface area is 162 Å². The Hall–Kier alpha value is -4.40. The van der Waals surface area contributed by atoms with E-state index in [1.807, 2.05) is 0 Å². The fourth-order valence-corrected chi connectivity index (χ4v) is 2.58. The van der Waals surface area contributed by atoms with E-state index in [0.29, 0.717) is 22.0 Å². The number of nitrogens with zero attached hydrogens (tertiary/aromatic N) is 4. The number of fused-ring (bicyclic) bond motifs is 2. The fraction of sp³-hybridized carbons (Fsp3) is 0. The molecule has 2 aromatic rings. The van der Waals surface area contributed by atoms with E-state index in [1.54, 1.807) is 36.4 Å². The summed E-state index contributed by atoms with van der Waals surface area (Å²) in [6.07, 6.45) is 7.07. The summed E-state index contributed by atoms with van der Waals surface area (Å²) in [4.78, 5) is 46.1. The molecule has 2 aliphatic rings. The Morgan fingerprint density at radius 2 is 1.79 bits per heavy atom. The molecule has 0 radical (unpaired) electrons. The molecule has 2 bridgehead atoms. The van der Waals surface area contributed by atoms with Crippen molar-refractivity contribution in [3.8, 4) is 0 Å². The van der Waals surface area contributed by atoms with Crippen LogP contribution in [0.3, 0.4) is 0 Å². The topological polar surface area (TPSA) is 130 Å².